The van der Waals surface area contributed by atoms with E-state index >= 15 is 0 Å². The van der Waals surface area contributed by atoms with Crippen LogP contribution >= 0.6 is 0 Å². The Bertz CT molecular complexity index is 1020. The minimum absolute atomic E-state index is 0.0343. The van der Waals surface area contributed by atoms with Gasteiger partial charge in [-0.2, -0.15) is 0 Å². The van der Waals surface area contributed by atoms with Crippen molar-refractivity contribution in [2.75, 3.05) is 7.05 Å². The second-order valence-corrected chi connectivity index (χ2v) is 8.12. The Balaban J connectivity index is 1.58. The number of fused-ring (bicyclic) bond motifs is 2. The van der Waals surface area contributed by atoms with Crippen molar-refractivity contribution in [3.8, 4) is 0 Å². The highest BCUT2D eigenvalue weighted by Gasteiger charge is 2.44. The molecule has 1 aromatic heterocycles. The van der Waals surface area contributed by atoms with Crippen LogP contribution in [-0.2, 0) is 11.3 Å². The normalized spacial score (nSPS) is 17.0. The largest absolute Gasteiger partial charge is 0.341 e. The number of nitrogens with zero attached hydrogens (tertiary/aromatic N) is 2. The van der Waals surface area contributed by atoms with Gasteiger partial charge in [0.1, 0.15) is 6.54 Å². The molecule has 1 heterocycles. The first-order valence-electron chi connectivity index (χ1n) is 9.91. The standard InChI is InChI=1S/C23H24N2O2/c1-24(22(15-10-11-15)16-12-13-16)21(26)14-25-19-8-4-2-6-17(19)23(27)18-7-3-5-9-20(18)25/h2-9,15-16,22H,10-14H2,1H3. The molecule has 2 saturated carbocycles. The second-order valence-electron chi connectivity index (χ2n) is 8.12. The molecule has 0 N–H and O–H groups in total. The predicted octanol–water partition coefficient (Wildman–Crippen LogP) is 3.80. The molecule has 4 heteroatoms. The molecule has 0 atom stereocenters. The van der Waals surface area contributed by atoms with Crippen LogP contribution in [0.4, 0.5) is 0 Å². The van der Waals surface area contributed by atoms with Crippen molar-refractivity contribution >= 4 is 27.7 Å². The summed E-state index contributed by atoms with van der Waals surface area (Å²) in [5.74, 6) is 1.51. The minimum atomic E-state index is 0.0343. The third-order valence-corrected chi connectivity index (χ3v) is 6.22. The molecule has 138 valence electrons. The van der Waals surface area contributed by atoms with Gasteiger partial charge in [0, 0.05) is 23.9 Å². The van der Waals surface area contributed by atoms with Crippen LogP contribution in [-0.4, -0.2) is 28.5 Å². The van der Waals surface area contributed by atoms with Crippen molar-refractivity contribution in [1.29, 1.82) is 0 Å². The Hall–Kier alpha value is -2.62. The highest BCUT2D eigenvalue weighted by molar-refractivity contribution is 5.94. The number of para-hydroxylation sites is 2. The van der Waals surface area contributed by atoms with Crippen molar-refractivity contribution in [1.82, 2.24) is 9.47 Å². The number of hydrogen-bond acceptors (Lipinski definition) is 2. The number of pyridine rings is 1. The van der Waals surface area contributed by atoms with Gasteiger partial charge < -0.3 is 9.47 Å². The fourth-order valence-electron chi connectivity index (χ4n) is 4.55. The van der Waals surface area contributed by atoms with E-state index in [4.69, 9.17) is 0 Å². The second kappa shape index (κ2) is 6.22. The van der Waals surface area contributed by atoms with Gasteiger partial charge in [-0.25, -0.2) is 0 Å². The summed E-state index contributed by atoms with van der Waals surface area (Å²) in [5, 5.41) is 1.35. The molecule has 2 fully saturated rings. The number of likely N-dealkylation sites (N-methyl/N-ethyl adjacent to an activating group) is 1. The summed E-state index contributed by atoms with van der Waals surface area (Å²) in [4.78, 5) is 28.1. The van der Waals surface area contributed by atoms with Crippen LogP contribution in [0, 0.1) is 11.8 Å². The summed E-state index contributed by atoms with van der Waals surface area (Å²) in [6.45, 7) is 0.272. The molecule has 0 aliphatic heterocycles. The predicted molar refractivity (Wildman–Crippen MR) is 108 cm³/mol. The van der Waals surface area contributed by atoms with Crippen LogP contribution in [0.5, 0.6) is 0 Å². The van der Waals surface area contributed by atoms with Crippen molar-refractivity contribution in [3.05, 3.63) is 58.8 Å². The first-order valence-corrected chi connectivity index (χ1v) is 9.91. The molecule has 2 aliphatic rings. The maximum Gasteiger partial charge on any atom is 0.242 e. The number of carbonyl (C=O) groups is 1. The van der Waals surface area contributed by atoms with Gasteiger partial charge in [-0.05, 0) is 61.8 Å². The Labute approximate surface area is 158 Å². The fourth-order valence-corrected chi connectivity index (χ4v) is 4.55. The van der Waals surface area contributed by atoms with Crippen LogP contribution in [0.1, 0.15) is 25.7 Å². The lowest BCUT2D eigenvalue weighted by Crippen LogP contribution is -2.41. The minimum Gasteiger partial charge on any atom is -0.341 e. The van der Waals surface area contributed by atoms with Gasteiger partial charge in [0.15, 0.2) is 5.43 Å². The lowest BCUT2D eigenvalue weighted by Gasteiger charge is -2.29. The number of amides is 1. The van der Waals surface area contributed by atoms with Crippen molar-refractivity contribution in [3.63, 3.8) is 0 Å². The third-order valence-electron chi connectivity index (χ3n) is 6.22. The van der Waals surface area contributed by atoms with Crippen LogP contribution in [0.3, 0.4) is 0 Å². The Morgan fingerprint density at radius 2 is 1.44 bits per heavy atom. The molecule has 3 aromatic rings. The lowest BCUT2D eigenvalue weighted by atomic mass is 10.1. The van der Waals surface area contributed by atoms with E-state index in [0.717, 1.165) is 11.0 Å². The van der Waals surface area contributed by atoms with Crippen LogP contribution in [0.2, 0.25) is 0 Å². The van der Waals surface area contributed by atoms with E-state index in [9.17, 15) is 9.59 Å². The van der Waals surface area contributed by atoms with Gasteiger partial charge in [0.2, 0.25) is 5.91 Å². The molecule has 0 bridgehead atoms. The zero-order chi connectivity index (χ0) is 18.5. The molecule has 4 nitrogen and oxygen atoms in total. The lowest BCUT2D eigenvalue weighted by molar-refractivity contribution is -0.133. The molecule has 1 amide bonds. The zero-order valence-corrected chi connectivity index (χ0v) is 15.6. The van der Waals surface area contributed by atoms with E-state index in [-0.39, 0.29) is 17.9 Å². The van der Waals surface area contributed by atoms with Gasteiger partial charge in [-0.15, -0.1) is 0 Å². The molecular formula is C23H24N2O2. The van der Waals surface area contributed by atoms with E-state index in [1.165, 1.54) is 25.7 Å². The van der Waals surface area contributed by atoms with Crippen LogP contribution < -0.4 is 5.43 Å². The van der Waals surface area contributed by atoms with Gasteiger partial charge >= 0.3 is 0 Å². The topological polar surface area (TPSA) is 42.3 Å². The van der Waals surface area contributed by atoms with E-state index in [1.54, 1.807) is 0 Å². The van der Waals surface area contributed by atoms with Crippen LogP contribution in [0.25, 0.3) is 21.8 Å². The smallest absolute Gasteiger partial charge is 0.242 e. The zero-order valence-electron chi connectivity index (χ0n) is 15.6. The fraction of sp³-hybridized carbons (Fsp3) is 0.391. The highest BCUT2D eigenvalue weighted by Crippen LogP contribution is 2.46. The Morgan fingerprint density at radius 1 is 0.963 bits per heavy atom. The number of benzene rings is 2. The van der Waals surface area contributed by atoms with Gasteiger partial charge in [0.05, 0.1) is 11.0 Å². The van der Waals surface area contributed by atoms with E-state index in [2.05, 4.69) is 0 Å². The average Bonchev–Trinajstić information content (AvgIpc) is 3.60. The summed E-state index contributed by atoms with van der Waals surface area (Å²) in [5.41, 5.74) is 1.70. The van der Waals surface area contributed by atoms with Crippen molar-refractivity contribution in [2.24, 2.45) is 11.8 Å². The summed E-state index contributed by atoms with van der Waals surface area (Å²) in [6.07, 6.45) is 5.01. The van der Waals surface area contributed by atoms with Crippen molar-refractivity contribution in [2.45, 2.75) is 38.3 Å². The molecule has 5 rings (SSSR count). The number of hydrogen-bond donors (Lipinski definition) is 0. The summed E-state index contributed by atoms with van der Waals surface area (Å²) < 4.78 is 2.02. The first kappa shape index (κ1) is 16.5. The Kier molecular flexibility index (Phi) is 3.81. The molecular weight excluding hydrogens is 336 g/mol. The van der Waals surface area contributed by atoms with Crippen molar-refractivity contribution < 1.29 is 4.79 Å². The molecule has 0 saturated heterocycles. The maximum absolute atomic E-state index is 13.2. The molecule has 2 aliphatic carbocycles. The van der Waals surface area contributed by atoms with Gasteiger partial charge in [-0.3, -0.25) is 9.59 Å². The van der Waals surface area contributed by atoms with E-state index in [1.807, 2.05) is 65.0 Å². The molecule has 0 unspecified atom stereocenters. The number of aromatic nitrogens is 1. The molecule has 2 aromatic carbocycles. The Morgan fingerprint density at radius 3 is 1.93 bits per heavy atom. The SMILES string of the molecule is CN(C(=O)Cn1c2ccccc2c(=O)c2ccccc21)C(C1CC1)C1CC1. The van der Waals surface area contributed by atoms with Gasteiger partial charge in [-0.1, -0.05) is 24.3 Å². The summed E-state index contributed by atoms with van der Waals surface area (Å²) in [6, 6.07) is 15.6. The first-order chi connectivity index (χ1) is 13.1. The molecule has 27 heavy (non-hydrogen) atoms. The summed E-state index contributed by atoms with van der Waals surface area (Å²) >= 11 is 0. The average molecular weight is 360 g/mol. The monoisotopic (exact) mass is 360 g/mol. The van der Waals surface area contributed by atoms with E-state index in [0.29, 0.717) is 28.7 Å². The summed E-state index contributed by atoms with van der Waals surface area (Å²) in [7, 11) is 1.97. The quantitative estimate of drug-likeness (QED) is 0.650. The third kappa shape index (κ3) is 2.84. The molecule has 0 spiro atoms. The molecule has 0 radical (unpaired) electrons. The van der Waals surface area contributed by atoms with Gasteiger partial charge in [0.25, 0.3) is 0 Å². The number of rotatable bonds is 5. The highest BCUT2D eigenvalue weighted by atomic mass is 16.2. The number of carbonyl (C=O) groups excluding carboxylic acids is 1. The van der Waals surface area contributed by atoms with Crippen LogP contribution in [0.15, 0.2) is 53.3 Å². The van der Waals surface area contributed by atoms with E-state index < -0.39 is 0 Å². The maximum atomic E-state index is 13.2.